The number of halogens is 1. The number of likely N-dealkylation sites (N-methyl/N-ethyl adjacent to an activating group) is 1. The highest BCUT2D eigenvalue weighted by Gasteiger charge is 2.16. The van der Waals surface area contributed by atoms with Crippen molar-refractivity contribution in [2.45, 2.75) is 0 Å². The monoisotopic (exact) mass is 131 g/mol. The van der Waals surface area contributed by atoms with Gasteiger partial charge in [0.05, 0.1) is 0 Å². The first-order chi connectivity index (χ1) is 3.72. The van der Waals surface area contributed by atoms with Crippen molar-refractivity contribution < 1.29 is 4.79 Å². The van der Waals surface area contributed by atoms with E-state index in [0.717, 1.165) is 0 Å². The second-order valence-electron chi connectivity index (χ2n) is 1.74. The van der Waals surface area contributed by atoms with E-state index in [9.17, 15) is 4.79 Å². The first-order valence-electron chi connectivity index (χ1n) is 2.33. The Morgan fingerprint density at radius 2 is 2.50 bits per heavy atom. The number of carbonyl (C=O) groups is 1. The quantitative estimate of drug-likeness (QED) is 0.471. The first-order valence-corrected chi connectivity index (χ1v) is 2.71. The van der Waals surface area contributed by atoms with Crippen LogP contribution >= 0.6 is 11.6 Å². The van der Waals surface area contributed by atoms with Crippen LogP contribution in [0.2, 0.25) is 0 Å². The van der Waals surface area contributed by atoms with Gasteiger partial charge in [-0.2, -0.15) is 0 Å². The van der Waals surface area contributed by atoms with E-state index in [1.165, 1.54) is 0 Å². The van der Waals surface area contributed by atoms with Gasteiger partial charge in [0.25, 0.3) is 5.91 Å². The molecule has 3 heteroatoms. The standard InChI is InChI=1S/C5H6ClNO/c1-7-3-2-4(6)5(7)8/h2H,3H2,1H3. The van der Waals surface area contributed by atoms with Crippen molar-refractivity contribution in [2.75, 3.05) is 13.6 Å². The first kappa shape index (κ1) is 5.63. The molecule has 0 spiro atoms. The number of hydrogen-bond donors (Lipinski definition) is 0. The molecule has 0 saturated heterocycles. The number of carbonyl (C=O) groups excluding carboxylic acids is 1. The molecule has 0 aromatic heterocycles. The molecule has 0 bridgehead atoms. The maximum absolute atomic E-state index is 10.6. The summed E-state index contributed by atoms with van der Waals surface area (Å²) in [6, 6.07) is 0. The van der Waals surface area contributed by atoms with E-state index in [1.807, 2.05) is 0 Å². The summed E-state index contributed by atoms with van der Waals surface area (Å²) in [5.41, 5.74) is 0. The third-order valence-electron chi connectivity index (χ3n) is 1.10. The Bertz CT molecular complexity index is 153. The third kappa shape index (κ3) is 0.713. The molecule has 1 heterocycles. The number of nitrogens with zero attached hydrogens (tertiary/aromatic N) is 1. The van der Waals surface area contributed by atoms with Crippen LogP contribution in [0.1, 0.15) is 0 Å². The van der Waals surface area contributed by atoms with Gasteiger partial charge in [-0.3, -0.25) is 4.79 Å². The van der Waals surface area contributed by atoms with Crippen LogP contribution in [-0.4, -0.2) is 24.4 Å². The van der Waals surface area contributed by atoms with Gasteiger partial charge in [0.15, 0.2) is 0 Å². The molecule has 1 rings (SSSR count). The molecule has 0 aromatic carbocycles. The Kier molecular flexibility index (Phi) is 1.26. The van der Waals surface area contributed by atoms with E-state index >= 15 is 0 Å². The average molecular weight is 132 g/mol. The van der Waals surface area contributed by atoms with Crippen molar-refractivity contribution in [1.29, 1.82) is 0 Å². The molecule has 0 aliphatic carbocycles. The Morgan fingerprint density at radius 1 is 1.88 bits per heavy atom. The SMILES string of the molecule is CN1CC=C(Cl)C1=O. The van der Waals surface area contributed by atoms with E-state index in [4.69, 9.17) is 11.6 Å². The second kappa shape index (κ2) is 1.78. The van der Waals surface area contributed by atoms with E-state index in [0.29, 0.717) is 11.6 Å². The van der Waals surface area contributed by atoms with Crippen LogP contribution in [0.5, 0.6) is 0 Å². The maximum atomic E-state index is 10.6. The van der Waals surface area contributed by atoms with E-state index in [2.05, 4.69) is 0 Å². The zero-order chi connectivity index (χ0) is 6.15. The molecule has 0 saturated carbocycles. The van der Waals surface area contributed by atoms with Gasteiger partial charge in [0.1, 0.15) is 5.03 Å². The molecule has 1 amide bonds. The summed E-state index contributed by atoms with van der Waals surface area (Å²) in [6.45, 7) is 0.650. The Balaban J connectivity index is 2.73. The minimum absolute atomic E-state index is 0.0772. The van der Waals surface area contributed by atoms with Gasteiger partial charge in [-0.1, -0.05) is 11.6 Å². The lowest BCUT2D eigenvalue weighted by molar-refractivity contribution is -0.123. The maximum Gasteiger partial charge on any atom is 0.265 e. The topological polar surface area (TPSA) is 20.3 Å². The Hall–Kier alpha value is -0.500. The average Bonchev–Trinajstić information content (AvgIpc) is 1.98. The summed E-state index contributed by atoms with van der Waals surface area (Å²) in [7, 11) is 1.72. The molecule has 0 unspecified atom stereocenters. The molecule has 1 aliphatic heterocycles. The van der Waals surface area contributed by atoms with Crippen molar-refractivity contribution in [1.82, 2.24) is 4.90 Å². The minimum Gasteiger partial charge on any atom is -0.337 e. The summed E-state index contributed by atoms with van der Waals surface area (Å²) in [4.78, 5) is 12.2. The van der Waals surface area contributed by atoms with E-state index in [1.54, 1.807) is 18.0 Å². The van der Waals surface area contributed by atoms with Crippen LogP contribution in [0.25, 0.3) is 0 Å². The van der Waals surface area contributed by atoms with Gasteiger partial charge in [-0.15, -0.1) is 0 Å². The lowest BCUT2D eigenvalue weighted by atomic mass is 10.6. The smallest absolute Gasteiger partial charge is 0.265 e. The zero-order valence-corrected chi connectivity index (χ0v) is 5.27. The van der Waals surface area contributed by atoms with Crippen molar-refractivity contribution in [3.8, 4) is 0 Å². The highest BCUT2D eigenvalue weighted by molar-refractivity contribution is 6.42. The van der Waals surface area contributed by atoms with Gasteiger partial charge in [0.2, 0.25) is 0 Å². The number of rotatable bonds is 0. The van der Waals surface area contributed by atoms with Gasteiger partial charge >= 0.3 is 0 Å². The molecule has 8 heavy (non-hydrogen) atoms. The summed E-state index contributed by atoms with van der Waals surface area (Å²) in [5.74, 6) is -0.0772. The largest absolute Gasteiger partial charge is 0.337 e. The highest BCUT2D eigenvalue weighted by atomic mass is 35.5. The molecule has 0 atom stereocenters. The molecule has 44 valence electrons. The molecule has 0 aromatic rings. The summed E-state index contributed by atoms with van der Waals surface area (Å²) >= 11 is 5.43. The summed E-state index contributed by atoms with van der Waals surface area (Å²) in [5, 5.41) is 0.340. The molecule has 2 nitrogen and oxygen atoms in total. The lowest BCUT2D eigenvalue weighted by Gasteiger charge is -2.04. The van der Waals surface area contributed by atoms with Crippen molar-refractivity contribution in [2.24, 2.45) is 0 Å². The fraction of sp³-hybridized carbons (Fsp3) is 0.400. The highest BCUT2D eigenvalue weighted by Crippen LogP contribution is 2.11. The van der Waals surface area contributed by atoms with E-state index < -0.39 is 0 Å². The van der Waals surface area contributed by atoms with Crippen molar-refractivity contribution in [3.63, 3.8) is 0 Å². The molecular weight excluding hydrogens is 126 g/mol. The second-order valence-corrected chi connectivity index (χ2v) is 2.14. The summed E-state index contributed by atoms with van der Waals surface area (Å²) < 4.78 is 0. The zero-order valence-electron chi connectivity index (χ0n) is 4.52. The Labute approximate surface area is 52.7 Å². The fourth-order valence-electron chi connectivity index (χ4n) is 0.570. The predicted octanol–water partition coefficient (Wildman–Crippen LogP) is 0.581. The van der Waals surface area contributed by atoms with Gasteiger partial charge in [-0.05, 0) is 6.08 Å². The van der Waals surface area contributed by atoms with Crippen molar-refractivity contribution in [3.05, 3.63) is 11.1 Å². The van der Waals surface area contributed by atoms with E-state index in [-0.39, 0.29) is 5.91 Å². The molecule has 0 N–H and O–H groups in total. The van der Waals surface area contributed by atoms with Gasteiger partial charge < -0.3 is 4.90 Å². The molecule has 0 radical (unpaired) electrons. The van der Waals surface area contributed by atoms with Crippen LogP contribution in [0, 0.1) is 0 Å². The molecule has 1 aliphatic rings. The fourth-order valence-corrected chi connectivity index (χ4v) is 0.783. The van der Waals surface area contributed by atoms with Gasteiger partial charge in [-0.25, -0.2) is 0 Å². The van der Waals surface area contributed by atoms with Gasteiger partial charge in [0, 0.05) is 13.6 Å². The minimum atomic E-state index is -0.0772. The number of amides is 1. The number of hydrogen-bond acceptors (Lipinski definition) is 1. The van der Waals surface area contributed by atoms with Crippen molar-refractivity contribution >= 4 is 17.5 Å². The van der Waals surface area contributed by atoms with Crippen LogP contribution in [0.15, 0.2) is 11.1 Å². The van der Waals surface area contributed by atoms with Crippen LogP contribution in [0.4, 0.5) is 0 Å². The molecule has 0 fully saturated rings. The normalized spacial score (nSPS) is 19.5. The third-order valence-corrected chi connectivity index (χ3v) is 1.41. The van der Waals surface area contributed by atoms with Crippen LogP contribution in [-0.2, 0) is 4.79 Å². The molecular formula is C5H6ClNO. The summed E-state index contributed by atoms with van der Waals surface area (Å²) in [6.07, 6.45) is 1.70. The predicted molar refractivity (Wildman–Crippen MR) is 31.6 cm³/mol. The Morgan fingerprint density at radius 3 is 2.62 bits per heavy atom. The van der Waals surface area contributed by atoms with Crippen LogP contribution < -0.4 is 0 Å². The lowest BCUT2D eigenvalue weighted by Crippen LogP contribution is -2.20. The van der Waals surface area contributed by atoms with Crippen LogP contribution in [0.3, 0.4) is 0 Å².